The molecule has 1 heterocycles. The largest absolute Gasteiger partial charge is 0.398 e. The van der Waals surface area contributed by atoms with Crippen LogP contribution in [0.5, 0.6) is 0 Å². The van der Waals surface area contributed by atoms with Crippen LogP contribution in [-0.2, 0) is 0 Å². The van der Waals surface area contributed by atoms with Crippen molar-refractivity contribution in [3.05, 3.63) is 15.8 Å². The maximum atomic E-state index is 12.0. The number of rotatable bonds is 4. The quantitative estimate of drug-likeness (QED) is 0.885. The fourth-order valence-electron chi connectivity index (χ4n) is 2.78. The highest BCUT2D eigenvalue weighted by Gasteiger charge is 2.20. The number of nitrogens with one attached hydrogen (secondary N) is 1. The summed E-state index contributed by atoms with van der Waals surface area (Å²) in [5.74, 6) is 1.60. The molecular weight excluding hydrogens is 256 g/mol. The molecule has 1 aromatic heterocycles. The molecule has 0 bridgehead atoms. The summed E-state index contributed by atoms with van der Waals surface area (Å²) in [6.07, 6.45) is 6.45. The molecule has 0 saturated heterocycles. The number of carbonyl (C=O) groups excluding carboxylic acids is 1. The van der Waals surface area contributed by atoms with Gasteiger partial charge in [-0.05, 0) is 37.7 Å². The minimum Gasteiger partial charge on any atom is -0.398 e. The van der Waals surface area contributed by atoms with Crippen molar-refractivity contribution in [2.24, 2.45) is 11.8 Å². The van der Waals surface area contributed by atoms with Crippen LogP contribution in [0.2, 0.25) is 0 Å². The van der Waals surface area contributed by atoms with Gasteiger partial charge >= 0.3 is 0 Å². The van der Waals surface area contributed by atoms with E-state index in [1.807, 2.05) is 6.92 Å². The van der Waals surface area contributed by atoms with E-state index in [2.05, 4.69) is 12.2 Å². The van der Waals surface area contributed by atoms with Crippen molar-refractivity contribution in [2.45, 2.75) is 46.0 Å². The number of anilines is 1. The van der Waals surface area contributed by atoms with E-state index in [1.165, 1.54) is 43.4 Å². The number of hydrogen-bond acceptors (Lipinski definition) is 3. The van der Waals surface area contributed by atoms with E-state index < -0.39 is 0 Å². The number of carbonyl (C=O) groups is 1. The maximum Gasteiger partial charge on any atom is 0.261 e. The van der Waals surface area contributed by atoms with E-state index in [9.17, 15) is 4.79 Å². The molecule has 1 amide bonds. The lowest BCUT2D eigenvalue weighted by Gasteiger charge is -2.27. The van der Waals surface area contributed by atoms with Crippen LogP contribution in [0.4, 0.5) is 5.69 Å². The van der Waals surface area contributed by atoms with Gasteiger partial charge in [-0.2, -0.15) is 0 Å². The SMILES string of the molecule is CCC1CCC(CNC(=O)c2cc(N)c(C)s2)CC1. The van der Waals surface area contributed by atoms with Gasteiger partial charge in [0.15, 0.2) is 0 Å². The third kappa shape index (κ3) is 3.72. The van der Waals surface area contributed by atoms with Crippen molar-refractivity contribution in [3.63, 3.8) is 0 Å². The lowest BCUT2D eigenvalue weighted by Crippen LogP contribution is -2.30. The van der Waals surface area contributed by atoms with Gasteiger partial charge in [-0.15, -0.1) is 11.3 Å². The van der Waals surface area contributed by atoms with Crippen molar-refractivity contribution in [1.82, 2.24) is 5.32 Å². The molecule has 0 radical (unpaired) electrons. The molecule has 1 aromatic rings. The van der Waals surface area contributed by atoms with E-state index in [-0.39, 0.29) is 5.91 Å². The molecule has 1 aliphatic rings. The number of nitrogens with two attached hydrogens (primary N) is 1. The van der Waals surface area contributed by atoms with Crippen LogP contribution >= 0.6 is 11.3 Å². The first kappa shape index (κ1) is 14.4. The van der Waals surface area contributed by atoms with E-state index in [0.29, 0.717) is 5.92 Å². The second-order valence-corrected chi connectivity index (χ2v) is 6.88. The van der Waals surface area contributed by atoms with Crippen LogP contribution in [0, 0.1) is 18.8 Å². The first-order chi connectivity index (χ1) is 9.10. The Hall–Kier alpha value is -1.03. The Bertz CT molecular complexity index is 414. The van der Waals surface area contributed by atoms with Crippen molar-refractivity contribution >= 4 is 22.9 Å². The highest BCUT2D eigenvalue weighted by atomic mass is 32.1. The molecule has 0 atom stereocenters. The first-order valence-corrected chi connectivity index (χ1v) is 8.06. The zero-order valence-corrected chi connectivity index (χ0v) is 12.7. The summed E-state index contributed by atoms with van der Waals surface area (Å²) >= 11 is 1.48. The fourth-order valence-corrected chi connectivity index (χ4v) is 3.63. The summed E-state index contributed by atoms with van der Waals surface area (Å²) in [4.78, 5) is 13.8. The van der Waals surface area contributed by atoms with Gasteiger partial charge in [0.05, 0.1) is 4.88 Å². The molecule has 3 N–H and O–H groups in total. The Morgan fingerprint density at radius 3 is 2.53 bits per heavy atom. The van der Waals surface area contributed by atoms with Crippen LogP contribution in [0.15, 0.2) is 6.07 Å². The normalized spacial score (nSPS) is 23.3. The van der Waals surface area contributed by atoms with Gasteiger partial charge in [-0.3, -0.25) is 4.79 Å². The second kappa shape index (κ2) is 6.42. The summed E-state index contributed by atoms with van der Waals surface area (Å²) < 4.78 is 0. The van der Waals surface area contributed by atoms with E-state index in [1.54, 1.807) is 6.07 Å². The summed E-state index contributed by atoms with van der Waals surface area (Å²) in [6, 6.07) is 1.78. The summed E-state index contributed by atoms with van der Waals surface area (Å²) in [5.41, 5.74) is 6.50. The third-order valence-electron chi connectivity index (χ3n) is 4.27. The minimum absolute atomic E-state index is 0.0300. The Balaban J connectivity index is 1.78. The van der Waals surface area contributed by atoms with Crippen LogP contribution in [0.3, 0.4) is 0 Å². The Kier molecular flexibility index (Phi) is 4.86. The average Bonchev–Trinajstić information content (AvgIpc) is 2.77. The predicted octanol–water partition coefficient (Wildman–Crippen LogP) is 3.58. The predicted molar refractivity (Wildman–Crippen MR) is 81.5 cm³/mol. The van der Waals surface area contributed by atoms with Gasteiger partial charge in [0.1, 0.15) is 0 Å². The average molecular weight is 280 g/mol. The Morgan fingerprint density at radius 2 is 2.00 bits per heavy atom. The molecule has 0 aliphatic heterocycles. The number of nitrogen functional groups attached to an aromatic ring is 1. The van der Waals surface area contributed by atoms with Gasteiger partial charge in [0.25, 0.3) is 5.91 Å². The van der Waals surface area contributed by atoms with E-state index in [0.717, 1.165) is 27.9 Å². The molecule has 19 heavy (non-hydrogen) atoms. The Morgan fingerprint density at radius 1 is 1.37 bits per heavy atom. The zero-order valence-electron chi connectivity index (χ0n) is 11.9. The molecule has 1 saturated carbocycles. The maximum absolute atomic E-state index is 12.0. The van der Waals surface area contributed by atoms with Gasteiger partial charge in [-0.1, -0.05) is 26.2 Å². The molecule has 0 unspecified atom stereocenters. The summed E-state index contributed by atoms with van der Waals surface area (Å²) in [7, 11) is 0. The first-order valence-electron chi connectivity index (χ1n) is 7.24. The lowest BCUT2D eigenvalue weighted by molar-refractivity contribution is 0.0945. The van der Waals surface area contributed by atoms with Crippen molar-refractivity contribution < 1.29 is 4.79 Å². The van der Waals surface area contributed by atoms with Gasteiger partial charge < -0.3 is 11.1 Å². The van der Waals surface area contributed by atoms with Crippen molar-refractivity contribution in [3.8, 4) is 0 Å². The molecular formula is C15H24N2OS. The monoisotopic (exact) mass is 280 g/mol. The number of thiophene rings is 1. The standard InChI is InChI=1S/C15H24N2OS/c1-3-11-4-6-12(7-5-11)9-17-15(18)14-8-13(16)10(2)19-14/h8,11-12H,3-7,9,16H2,1-2H3,(H,17,18). The second-order valence-electron chi connectivity index (χ2n) is 5.63. The third-order valence-corrected chi connectivity index (χ3v) is 5.34. The minimum atomic E-state index is 0.0300. The molecule has 3 nitrogen and oxygen atoms in total. The smallest absolute Gasteiger partial charge is 0.261 e. The van der Waals surface area contributed by atoms with Crippen LogP contribution in [0.1, 0.15) is 53.6 Å². The van der Waals surface area contributed by atoms with Crippen molar-refractivity contribution in [1.29, 1.82) is 0 Å². The van der Waals surface area contributed by atoms with Gasteiger partial charge in [0.2, 0.25) is 0 Å². The number of aryl methyl sites for hydroxylation is 1. The number of amides is 1. The van der Waals surface area contributed by atoms with Crippen LogP contribution < -0.4 is 11.1 Å². The Labute approximate surface area is 119 Å². The van der Waals surface area contributed by atoms with Crippen LogP contribution in [-0.4, -0.2) is 12.5 Å². The molecule has 0 aromatic carbocycles. The molecule has 1 aliphatic carbocycles. The highest BCUT2D eigenvalue weighted by molar-refractivity contribution is 7.14. The van der Waals surface area contributed by atoms with Crippen LogP contribution in [0.25, 0.3) is 0 Å². The van der Waals surface area contributed by atoms with E-state index in [4.69, 9.17) is 5.73 Å². The number of hydrogen-bond donors (Lipinski definition) is 2. The molecule has 0 spiro atoms. The molecule has 4 heteroatoms. The lowest BCUT2D eigenvalue weighted by atomic mass is 9.81. The molecule has 2 rings (SSSR count). The van der Waals surface area contributed by atoms with Crippen molar-refractivity contribution in [2.75, 3.05) is 12.3 Å². The molecule has 1 fully saturated rings. The highest BCUT2D eigenvalue weighted by Crippen LogP contribution is 2.30. The fraction of sp³-hybridized carbons (Fsp3) is 0.667. The van der Waals surface area contributed by atoms with Gasteiger partial charge in [-0.25, -0.2) is 0 Å². The van der Waals surface area contributed by atoms with Gasteiger partial charge in [0, 0.05) is 17.1 Å². The summed E-state index contributed by atoms with van der Waals surface area (Å²) in [5, 5.41) is 3.06. The topological polar surface area (TPSA) is 55.1 Å². The summed E-state index contributed by atoms with van der Waals surface area (Å²) in [6.45, 7) is 5.03. The van der Waals surface area contributed by atoms with E-state index >= 15 is 0 Å². The molecule has 106 valence electrons. The zero-order chi connectivity index (χ0) is 13.8.